The molecule has 6 nitrogen and oxygen atoms in total. The highest BCUT2D eigenvalue weighted by Crippen LogP contribution is 2.32. The van der Waals surface area contributed by atoms with Crippen LogP contribution < -0.4 is 14.9 Å². The number of halogens is 1. The van der Waals surface area contributed by atoms with Crippen LogP contribution in [-0.4, -0.2) is 29.9 Å². The normalized spacial score (nSPS) is 13.8. The van der Waals surface area contributed by atoms with Crippen molar-refractivity contribution in [2.24, 2.45) is 10.1 Å². The van der Waals surface area contributed by atoms with Crippen LogP contribution >= 0.6 is 33.9 Å². The Morgan fingerprint density at radius 1 is 1.37 bits per heavy atom. The lowest BCUT2D eigenvalue weighted by Crippen LogP contribution is -2.25. The van der Waals surface area contributed by atoms with Crippen LogP contribution in [0.5, 0.6) is 5.75 Å². The second kappa shape index (κ2) is 8.97. The summed E-state index contributed by atoms with van der Waals surface area (Å²) in [4.78, 5) is 17.1. The minimum absolute atomic E-state index is 0.0364. The van der Waals surface area contributed by atoms with Crippen molar-refractivity contribution in [3.63, 3.8) is 0 Å². The number of hydrogen-bond donors (Lipinski definition) is 1. The smallest absolute Gasteiger partial charge is 0.262 e. The Bertz CT molecular complexity index is 1230. The molecule has 0 saturated heterocycles. The van der Waals surface area contributed by atoms with Crippen molar-refractivity contribution >= 4 is 51.7 Å². The summed E-state index contributed by atoms with van der Waals surface area (Å²) in [5, 5.41) is 9.60. The molecule has 4 rings (SSSR count). The first-order chi connectivity index (χ1) is 14.5. The van der Waals surface area contributed by atoms with Crippen molar-refractivity contribution in [3.8, 4) is 17.0 Å². The number of nitrogens with zero attached hydrogens (tertiary/aromatic N) is 3. The quantitative estimate of drug-likeness (QED) is 0.300. The summed E-state index contributed by atoms with van der Waals surface area (Å²) in [6, 6.07) is 13.8. The monoisotopic (exact) mass is 530 g/mol. The number of benzene rings is 2. The van der Waals surface area contributed by atoms with Gasteiger partial charge in [0.05, 0.1) is 24.1 Å². The van der Waals surface area contributed by atoms with Gasteiger partial charge in [0, 0.05) is 20.1 Å². The molecular formula is C22H19IN4O2S. The molecule has 1 amide bonds. The molecule has 0 spiro atoms. The highest BCUT2D eigenvalue weighted by atomic mass is 127. The van der Waals surface area contributed by atoms with E-state index >= 15 is 0 Å². The summed E-state index contributed by atoms with van der Waals surface area (Å²) >= 11 is 3.81. The zero-order valence-electron chi connectivity index (χ0n) is 16.3. The van der Waals surface area contributed by atoms with Gasteiger partial charge in [-0.3, -0.25) is 9.79 Å². The molecular weight excluding hydrogens is 511 g/mol. The highest BCUT2D eigenvalue weighted by Gasteiger charge is 2.17. The molecule has 2 heterocycles. The van der Waals surface area contributed by atoms with Crippen LogP contribution in [0.15, 0.2) is 70.1 Å². The predicted molar refractivity (Wildman–Crippen MR) is 129 cm³/mol. The Hall–Kier alpha value is -2.72. The first kappa shape index (κ1) is 20.5. The Morgan fingerprint density at radius 2 is 2.20 bits per heavy atom. The summed E-state index contributed by atoms with van der Waals surface area (Å²) in [5.74, 6) is 0.501. The van der Waals surface area contributed by atoms with Crippen LogP contribution in [0.25, 0.3) is 11.3 Å². The Labute approximate surface area is 191 Å². The summed E-state index contributed by atoms with van der Waals surface area (Å²) in [6.07, 6.45) is 1.83. The van der Waals surface area contributed by atoms with E-state index in [1.807, 2.05) is 65.7 Å². The molecule has 0 bridgehead atoms. The zero-order chi connectivity index (χ0) is 21.1. The van der Waals surface area contributed by atoms with E-state index in [2.05, 4.69) is 39.5 Å². The van der Waals surface area contributed by atoms with Gasteiger partial charge in [0.1, 0.15) is 5.75 Å². The van der Waals surface area contributed by atoms with Gasteiger partial charge in [-0.05, 0) is 53.8 Å². The van der Waals surface area contributed by atoms with Crippen molar-refractivity contribution in [1.29, 1.82) is 0 Å². The molecule has 2 aromatic carbocycles. The maximum atomic E-state index is 11.7. The Kier molecular flexibility index (Phi) is 6.14. The number of carbonyl (C=O) groups is 1. The topological polar surface area (TPSA) is 68.0 Å². The minimum atomic E-state index is -0.160. The Balaban J connectivity index is 1.80. The van der Waals surface area contributed by atoms with Gasteiger partial charge in [-0.15, -0.1) is 11.3 Å². The van der Waals surface area contributed by atoms with E-state index in [0.717, 1.165) is 30.8 Å². The van der Waals surface area contributed by atoms with Gasteiger partial charge >= 0.3 is 0 Å². The second-order valence-corrected chi connectivity index (χ2v) is 8.80. The molecule has 0 fully saturated rings. The Morgan fingerprint density at radius 3 is 3.00 bits per heavy atom. The number of anilines is 1. The molecule has 0 aliphatic carbocycles. The number of amides is 1. The third-order valence-corrected chi connectivity index (χ3v) is 6.13. The maximum absolute atomic E-state index is 11.7. The first-order valence-corrected chi connectivity index (χ1v) is 11.2. The van der Waals surface area contributed by atoms with Gasteiger partial charge in [-0.25, -0.2) is 4.68 Å². The van der Waals surface area contributed by atoms with Crippen molar-refractivity contribution in [2.75, 3.05) is 18.5 Å². The van der Waals surface area contributed by atoms with Crippen LogP contribution in [0.1, 0.15) is 12.5 Å². The van der Waals surface area contributed by atoms with Gasteiger partial charge in [0.25, 0.3) is 5.91 Å². The van der Waals surface area contributed by atoms with E-state index in [1.165, 1.54) is 11.3 Å². The molecule has 0 unspecified atom stereocenters. The standard InChI is InChI=1S/C22H19IN4O2S/c1-14(2)10-24-22-27(25-11-16-5-3-4-6-17(16)23)19(13-30-22)15-7-8-20-18(9-15)26-21(28)12-29-20/h3-9,11,13H,1,10,12H2,2H3,(H,26,28). The lowest BCUT2D eigenvalue weighted by atomic mass is 10.1. The van der Waals surface area contributed by atoms with E-state index in [9.17, 15) is 4.79 Å². The number of aromatic nitrogens is 1. The fourth-order valence-electron chi connectivity index (χ4n) is 2.86. The summed E-state index contributed by atoms with van der Waals surface area (Å²) in [5.41, 5.74) is 4.45. The van der Waals surface area contributed by atoms with Gasteiger partial charge in [-0.1, -0.05) is 30.4 Å². The largest absolute Gasteiger partial charge is 0.482 e. The van der Waals surface area contributed by atoms with Crippen LogP contribution in [0, 0.1) is 3.57 Å². The second-order valence-electron chi connectivity index (χ2n) is 6.80. The molecule has 1 N–H and O–H groups in total. The fourth-order valence-corrected chi connectivity index (χ4v) is 4.23. The molecule has 3 aromatic rings. The molecule has 8 heteroatoms. The van der Waals surface area contributed by atoms with Crippen LogP contribution in [0.4, 0.5) is 5.69 Å². The van der Waals surface area contributed by atoms with Crippen molar-refractivity contribution in [1.82, 2.24) is 4.68 Å². The van der Waals surface area contributed by atoms with Crippen LogP contribution in [-0.2, 0) is 4.79 Å². The first-order valence-electron chi connectivity index (χ1n) is 9.22. The number of rotatable bonds is 5. The number of nitrogens with one attached hydrogen (secondary N) is 1. The van der Waals surface area contributed by atoms with Gasteiger partial charge < -0.3 is 10.1 Å². The van der Waals surface area contributed by atoms with E-state index in [4.69, 9.17) is 9.84 Å². The lowest BCUT2D eigenvalue weighted by molar-refractivity contribution is -0.118. The SMILES string of the molecule is C=C(C)CN=c1scc(-c2ccc3c(c2)NC(=O)CO3)n1N=Cc1ccccc1I. The van der Waals surface area contributed by atoms with Gasteiger partial charge in [0.15, 0.2) is 6.61 Å². The van der Waals surface area contributed by atoms with E-state index in [0.29, 0.717) is 18.0 Å². The molecule has 0 radical (unpaired) electrons. The van der Waals surface area contributed by atoms with Crippen molar-refractivity contribution in [3.05, 3.63) is 73.9 Å². The number of fused-ring (bicyclic) bond motifs is 1. The van der Waals surface area contributed by atoms with Gasteiger partial charge in [0.2, 0.25) is 4.80 Å². The van der Waals surface area contributed by atoms with E-state index in [-0.39, 0.29) is 12.5 Å². The third kappa shape index (κ3) is 4.54. The molecule has 30 heavy (non-hydrogen) atoms. The number of carbonyl (C=O) groups excluding carboxylic acids is 1. The van der Waals surface area contributed by atoms with Crippen LogP contribution in [0.3, 0.4) is 0 Å². The summed E-state index contributed by atoms with van der Waals surface area (Å²) in [6.45, 7) is 6.45. The number of hydrogen-bond acceptors (Lipinski definition) is 5. The molecule has 0 saturated carbocycles. The molecule has 1 aliphatic rings. The zero-order valence-corrected chi connectivity index (χ0v) is 19.2. The van der Waals surface area contributed by atoms with Crippen LogP contribution in [0.2, 0.25) is 0 Å². The van der Waals surface area contributed by atoms with E-state index in [1.54, 1.807) is 0 Å². The minimum Gasteiger partial charge on any atom is -0.482 e. The van der Waals surface area contributed by atoms with E-state index < -0.39 is 0 Å². The number of thiazole rings is 1. The molecule has 1 aliphatic heterocycles. The molecule has 1 aromatic heterocycles. The van der Waals surface area contributed by atoms with Crippen molar-refractivity contribution in [2.45, 2.75) is 6.92 Å². The number of ether oxygens (including phenoxy) is 1. The fraction of sp³-hybridized carbons (Fsp3) is 0.136. The summed E-state index contributed by atoms with van der Waals surface area (Å²) < 4.78 is 8.41. The third-order valence-electron chi connectivity index (χ3n) is 4.30. The summed E-state index contributed by atoms with van der Waals surface area (Å²) in [7, 11) is 0. The lowest BCUT2D eigenvalue weighted by Gasteiger charge is -2.18. The predicted octanol–water partition coefficient (Wildman–Crippen LogP) is 4.51. The molecule has 152 valence electrons. The maximum Gasteiger partial charge on any atom is 0.262 e. The van der Waals surface area contributed by atoms with Gasteiger partial charge in [-0.2, -0.15) is 5.10 Å². The highest BCUT2D eigenvalue weighted by molar-refractivity contribution is 14.1. The van der Waals surface area contributed by atoms with Crippen molar-refractivity contribution < 1.29 is 9.53 Å². The average molecular weight is 530 g/mol. The average Bonchev–Trinajstić information content (AvgIpc) is 3.14. The molecule has 0 atom stereocenters.